The van der Waals surface area contributed by atoms with Crippen LogP contribution < -0.4 is 9.62 Å². The van der Waals surface area contributed by atoms with Crippen LogP contribution in [0, 0.1) is 0 Å². The Labute approximate surface area is 178 Å². The van der Waals surface area contributed by atoms with Crippen molar-refractivity contribution in [2.45, 2.75) is 51.1 Å². The molecule has 1 amide bonds. The van der Waals surface area contributed by atoms with Gasteiger partial charge in [-0.1, -0.05) is 55.5 Å². The van der Waals surface area contributed by atoms with E-state index in [9.17, 15) is 13.2 Å². The summed E-state index contributed by atoms with van der Waals surface area (Å²) in [6.07, 6.45) is 8.04. The highest BCUT2D eigenvalue weighted by atomic mass is 35.5. The number of hydrogen-bond donors (Lipinski definition) is 1. The number of carbonyl (C=O) groups is 1. The van der Waals surface area contributed by atoms with Crippen LogP contribution in [0.4, 0.5) is 5.69 Å². The van der Waals surface area contributed by atoms with E-state index >= 15 is 0 Å². The Morgan fingerprint density at radius 2 is 1.72 bits per heavy atom. The summed E-state index contributed by atoms with van der Waals surface area (Å²) in [6, 6.07) is 14.1. The minimum absolute atomic E-state index is 0.0711. The van der Waals surface area contributed by atoms with E-state index in [1.165, 1.54) is 23.4 Å². The molecule has 1 fully saturated rings. The summed E-state index contributed by atoms with van der Waals surface area (Å²) < 4.78 is 25.9. The van der Waals surface area contributed by atoms with Crippen molar-refractivity contribution in [2.75, 3.05) is 10.6 Å². The molecule has 0 bridgehead atoms. The van der Waals surface area contributed by atoms with Crippen LogP contribution in [0.1, 0.15) is 54.4 Å². The largest absolute Gasteiger partial charge is 0.349 e. The Kier molecular flexibility index (Phi) is 7.19. The molecular formula is C22H27ClN2O3S. The van der Waals surface area contributed by atoms with Crippen LogP contribution in [-0.2, 0) is 16.6 Å². The van der Waals surface area contributed by atoms with E-state index in [4.69, 9.17) is 11.6 Å². The fraction of sp³-hybridized carbons (Fsp3) is 0.409. The molecule has 3 rings (SSSR count). The van der Waals surface area contributed by atoms with Gasteiger partial charge < -0.3 is 5.32 Å². The topological polar surface area (TPSA) is 66.5 Å². The summed E-state index contributed by atoms with van der Waals surface area (Å²) in [4.78, 5) is 12.5. The van der Waals surface area contributed by atoms with Crippen molar-refractivity contribution in [3.63, 3.8) is 0 Å². The molecular weight excluding hydrogens is 408 g/mol. The second kappa shape index (κ2) is 9.63. The molecule has 7 heteroatoms. The zero-order valence-corrected chi connectivity index (χ0v) is 18.2. The molecule has 2 aromatic carbocycles. The summed E-state index contributed by atoms with van der Waals surface area (Å²) in [5.41, 5.74) is 1.89. The van der Waals surface area contributed by atoms with Crippen molar-refractivity contribution >= 4 is 33.2 Å². The summed E-state index contributed by atoms with van der Waals surface area (Å²) in [5, 5.41) is 3.61. The first kappa shape index (κ1) is 21.7. The second-order valence-electron chi connectivity index (χ2n) is 7.61. The fourth-order valence-electron chi connectivity index (χ4n) is 3.65. The van der Waals surface area contributed by atoms with E-state index in [-0.39, 0.29) is 18.5 Å². The average Bonchev–Trinajstić information content (AvgIpc) is 2.94. The summed E-state index contributed by atoms with van der Waals surface area (Å²) in [5.74, 6) is -0.0711. The van der Waals surface area contributed by atoms with Crippen molar-refractivity contribution in [1.82, 2.24) is 5.32 Å². The summed E-state index contributed by atoms with van der Waals surface area (Å²) in [7, 11) is -3.49. The fourth-order valence-corrected chi connectivity index (χ4v) is 4.72. The smallest absolute Gasteiger partial charge is 0.251 e. The molecule has 0 saturated heterocycles. The summed E-state index contributed by atoms with van der Waals surface area (Å²) in [6.45, 7) is 0.170. The molecule has 1 aliphatic carbocycles. The lowest BCUT2D eigenvalue weighted by Crippen LogP contribution is -2.34. The molecule has 1 N–H and O–H groups in total. The number of benzene rings is 2. The Hall–Kier alpha value is -2.05. The number of sulfonamides is 1. The molecule has 156 valence electrons. The Morgan fingerprint density at radius 1 is 1.07 bits per heavy atom. The van der Waals surface area contributed by atoms with E-state index in [1.807, 2.05) is 0 Å². The molecule has 0 radical (unpaired) electrons. The van der Waals surface area contributed by atoms with Gasteiger partial charge in [-0.05, 0) is 48.7 Å². The third-order valence-electron chi connectivity index (χ3n) is 5.23. The SMILES string of the molecule is CS(=O)(=O)N(Cc1ccc(C(=O)NC2CCCCCC2)cc1)c1cccc(Cl)c1. The van der Waals surface area contributed by atoms with Crippen molar-refractivity contribution in [3.05, 3.63) is 64.7 Å². The number of rotatable bonds is 6. The number of carbonyl (C=O) groups excluding carboxylic acids is 1. The zero-order valence-electron chi connectivity index (χ0n) is 16.6. The van der Waals surface area contributed by atoms with Gasteiger partial charge in [0.05, 0.1) is 18.5 Å². The van der Waals surface area contributed by atoms with Gasteiger partial charge in [-0.2, -0.15) is 0 Å². The highest BCUT2D eigenvalue weighted by Crippen LogP contribution is 2.24. The van der Waals surface area contributed by atoms with Crippen LogP contribution in [0.3, 0.4) is 0 Å². The van der Waals surface area contributed by atoms with Crippen LogP contribution in [0.15, 0.2) is 48.5 Å². The van der Waals surface area contributed by atoms with Gasteiger partial charge in [0.1, 0.15) is 0 Å². The lowest BCUT2D eigenvalue weighted by molar-refractivity contribution is 0.0933. The third kappa shape index (κ3) is 6.21. The maximum absolute atomic E-state index is 12.5. The van der Waals surface area contributed by atoms with Crippen molar-refractivity contribution < 1.29 is 13.2 Å². The van der Waals surface area contributed by atoms with Gasteiger partial charge in [0, 0.05) is 16.6 Å². The molecule has 0 unspecified atom stereocenters. The molecule has 0 aromatic heterocycles. The molecule has 2 aromatic rings. The van der Waals surface area contributed by atoms with E-state index in [0.29, 0.717) is 16.3 Å². The van der Waals surface area contributed by atoms with Crippen LogP contribution in [0.2, 0.25) is 5.02 Å². The van der Waals surface area contributed by atoms with Gasteiger partial charge in [0.25, 0.3) is 5.91 Å². The van der Waals surface area contributed by atoms with Crippen molar-refractivity contribution in [3.8, 4) is 0 Å². The predicted octanol–water partition coefficient (Wildman–Crippen LogP) is 4.76. The van der Waals surface area contributed by atoms with Gasteiger partial charge in [0.2, 0.25) is 10.0 Å². The monoisotopic (exact) mass is 434 g/mol. The Bertz CT molecular complexity index is 937. The predicted molar refractivity (Wildman–Crippen MR) is 118 cm³/mol. The minimum atomic E-state index is -3.49. The summed E-state index contributed by atoms with van der Waals surface area (Å²) >= 11 is 6.02. The molecule has 5 nitrogen and oxygen atoms in total. The molecule has 0 heterocycles. The van der Waals surface area contributed by atoms with Gasteiger partial charge in [-0.25, -0.2) is 8.42 Å². The third-order valence-corrected chi connectivity index (χ3v) is 6.60. The first-order valence-corrected chi connectivity index (χ1v) is 12.2. The van der Waals surface area contributed by atoms with Gasteiger partial charge in [0.15, 0.2) is 0 Å². The van der Waals surface area contributed by atoms with Crippen LogP contribution in [0.5, 0.6) is 0 Å². The van der Waals surface area contributed by atoms with Crippen molar-refractivity contribution in [2.24, 2.45) is 0 Å². The lowest BCUT2D eigenvalue weighted by Gasteiger charge is -2.23. The van der Waals surface area contributed by atoms with E-state index in [0.717, 1.165) is 31.2 Å². The first-order chi connectivity index (χ1) is 13.8. The molecule has 29 heavy (non-hydrogen) atoms. The van der Waals surface area contributed by atoms with Crippen LogP contribution >= 0.6 is 11.6 Å². The number of hydrogen-bond acceptors (Lipinski definition) is 3. The van der Waals surface area contributed by atoms with Gasteiger partial charge >= 0.3 is 0 Å². The van der Waals surface area contributed by atoms with E-state index in [1.54, 1.807) is 48.5 Å². The van der Waals surface area contributed by atoms with Crippen LogP contribution in [0.25, 0.3) is 0 Å². The van der Waals surface area contributed by atoms with Crippen molar-refractivity contribution in [1.29, 1.82) is 0 Å². The normalized spacial score (nSPS) is 15.5. The molecule has 0 aliphatic heterocycles. The molecule has 0 spiro atoms. The van der Waals surface area contributed by atoms with E-state index < -0.39 is 10.0 Å². The molecule has 1 saturated carbocycles. The number of nitrogens with one attached hydrogen (secondary N) is 1. The van der Waals surface area contributed by atoms with Gasteiger partial charge in [-0.3, -0.25) is 9.10 Å². The standard InChI is InChI=1S/C22H27ClN2O3S/c1-29(27,28)25(21-10-6-7-19(23)15-21)16-17-11-13-18(14-12-17)22(26)24-20-8-4-2-3-5-9-20/h6-7,10-15,20H,2-5,8-9,16H2,1H3,(H,24,26). The van der Waals surface area contributed by atoms with Gasteiger partial charge in [-0.15, -0.1) is 0 Å². The zero-order chi connectivity index (χ0) is 20.9. The van der Waals surface area contributed by atoms with E-state index in [2.05, 4.69) is 5.32 Å². The maximum Gasteiger partial charge on any atom is 0.251 e. The number of amides is 1. The first-order valence-electron chi connectivity index (χ1n) is 9.96. The quantitative estimate of drug-likeness (QED) is 0.666. The Morgan fingerprint density at radius 3 is 2.31 bits per heavy atom. The highest BCUT2D eigenvalue weighted by molar-refractivity contribution is 7.92. The number of halogens is 1. The highest BCUT2D eigenvalue weighted by Gasteiger charge is 2.19. The number of nitrogens with zero attached hydrogens (tertiary/aromatic N) is 1. The maximum atomic E-state index is 12.5. The lowest BCUT2D eigenvalue weighted by atomic mass is 10.1. The molecule has 0 atom stereocenters. The Balaban J connectivity index is 1.70. The number of anilines is 1. The second-order valence-corrected chi connectivity index (χ2v) is 9.95. The molecule has 1 aliphatic rings. The van der Waals surface area contributed by atoms with Crippen LogP contribution in [-0.4, -0.2) is 26.6 Å². The minimum Gasteiger partial charge on any atom is -0.349 e. The average molecular weight is 435 g/mol.